The number of ether oxygens (including phenoxy) is 1. The highest BCUT2D eigenvalue weighted by Crippen LogP contribution is 2.31. The summed E-state index contributed by atoms with van der Waals surface area (Å²) < 4.78 is 5.31. The zero-order valence-electron chi connectivity index (χ0n) is 11.8. The molecule has 0 amide bonds. The maximum Gasteiger partial charge on any atom is 0.119 e. The first-order valence-corrected chi connectivity index (χ1v) is 6.62. The summed E-state index contributed by atoms with van der Waals surface area (Å²) in [7, 11) is 3.71. The second kappa shape index (κ2) is 6.39. The lowest BCUT2D eigenvalue weighted by Gasteiger charge is -2.25. The lowest BCUT2D eigenvalue weighted by Crippen LogP contribution is -2.22. The molecule has 0 aliphatic rings. The van der Waals surface area contributed by atoms with E-state index in [-0.39, 0.29) is 6.04 Å². The second-order valence-electron chi connectivity index (χ2n) is 4.74. The zero-order chi connectivity index (χ0) is 13.7. The number of rotatable bonds is 5. The van der Waals surface area contributed by atoms with Crippen molar-refractivity contribution < 1.29 is 4.74 Å². The minimum atomic E-state index is 0.275. The molecule has 1 N–H and O–H groups in total. The summed E-state index contributed by atoms with van der Waals surface area (Å²) in [5.41, 5.74) is 2.59. The number of methoxy groups -OCH3 is 1. The van der Waals surface area contributed by atoms with Crippen LogP contribution in [0.1, 0.15) is 30.0 Å². The van der Waals surface area contributed by atoms with E-state index in [0.29, 0.717) is 5.92 Å². The molecule has 19 heavy (non-hydrogen) atoms. The Morgan fingerprint density at radius 3 is 2.26 bits per heavy atom. The first-order valence-electron chi connectivity index (χ1n) is 6.62. The van der Waals surface area contributed by atoms with E-state index in [9.17, 15) is 0 Å². The predicted octanol–water partition coefficient (Wildman–Crippen LogP) is 3.76. The van der Waals surface area contributed by atoms with Crippen molar-refractivity contribution in [3.8, 4) is 5.75 Å². The molecule has 2 nitrogen and oxygen atoms in total. The monoisotopic (exact) mass is 255 g/mol. The molecule has 0 radical (unpaired) electrons. The van der Waals surface area contributed by atoms with Gasteiger partial charge in [-0.25, -0.2) is 0 Å². The quantitative estimate of drug-likeness (QED) is 0.878. The lowest BCUT2D eigenvalue weighted by molar-refractivity contribution is 0.412. The maximum absolute atomic E-state index is 5.31. The summed E-state index contributed by atoms with van der Waals surface area (Å²) in [6, 6.07) is 19.1. The number of hydrogen-bond donors (Lipinski definition) is 1. The summed E-state index contributed by atoms with van der Waals surface area (Å²) >= 11 is 0. The van der Waals surface area contributed by atoms with Crippen LogP contribution in [-0.4, -0.2) is 14.2 Å². The molecule has 2 atom stereocenters. The molecule has 2 rings (SSSR count). The van der Waals surface area contributed by atoms with Gasteiger partial charge in [-0.05, 0) is 30.3 Å². The summed E-state index contributed by atoms with van der Waals surface area (Å²) in [4.78, 5) is 0. The smallest absolute Gasteiger partial charge is 0.119 e. The van der Waals surface area contributed by atoms with Gasteiger partial charge < -0.3 is 10.1 Å². The molecule has 0 aliphatic heterocycles. The van der Waals surface area contributed by atoms with Crippen molar-refractivity contribution in [3.63, 3.8) is 0 Å². The first kappa shape index (κ1) is 13.6. The Hall–Kier alpha value is -1.80. The summed E-state index contributed by atoms with van der Waals surface area (Å²) in [6.45, 7) is 2.25. The molecular formula is C17H21NO. The average molecular weight is 255 g/mol. The highest BCUT2D eigenvalue weighted by atomic mass is 16.5. The molecule has 2 aromatic carbocycles. The van der Waals surface area contributed by atoms with E-state index in [0.717, 1.165) is 5.75 Å². The molecule has 0 heterocycles. The van der Waals surface area contributed by atoms with Crippen LogP contribution in [-0.2, 0) is 0 Å². The van der Waals surface area contributed by atoms with Crippen molar-refractivity contribution >= 4 is 0 Å². The average Bonchev–Trinajstić information content (AvgIpc) is 2.49. The minimum absolute atomic E-state index is 0.275. The molecule has 0 aromatic heterocycles. The van der Waals surface area contributed by atoms with E-state index in [2.05, 4.69) is 54.7 Å². The second-order valence-corrected chi connectivity index (χ2v) is 4.74. The van der Waals surface area contributed by atoms with Crippen LogP contribution in [0.2, 0.25) is 0 Å². The van der Waals surface area contributed by atoms with E-state index in [1.54, 1.807) is 7.11 Å². The number of hydrogen-bond acceptors (Lipinski definition) is 2. The standard InChI is InChI=1S/C17H21NO/c1-13(14-8-5-4-6-9-14)17(18-2)15-10-7-11-16(12-15)19-3/h4-13,17-18H,1-3H3. The third-order valence-electron chi connectivity index (χ3n) is 3.59. The van der Waals surface area contributed by atoms with Gasteiger partial charge in [0, 0.05) is 12.0 Å². The largest absolute Gasteiger partial charge is 0.497 e. The Bertz CT molecular complexity index is 510. The Kier molecular flexibility index (Phi) is 4.58. The number of likely N-dealkylation sites (N-methyl/N-ethyl adjacent to an activating group) is 1. The van der Waals surface area contributed by atoms with Gasteiger partial charge >= 0.3 is 0 Å². The zero-order valence-corrected chi connectivity index (χ0v) is 11.8. The summed E-state index contributed by atoms with van der Waals surface area (Å²) in [5.74, 6) is 1.30. The fraction of sp³-hybridized carbons (Fsp3) is 0.294. The fourth-order valence-electron chi connectivity index (χ4n) is 2.49. The van der Waals surface area contributed by atoms with Crippen LogP contribution >= 0.6 is 0 Å². The maximum atomic E-state index is 5.31. The number of benzene rings is 2. The van der Waals surface area contributed by atoms with Gasteiger partial charge in [0.2, 0.25) is 0 Å². The third kappa shape index (κ3) is 3.15. The van der Waals surface area contributed by atoms with E-state index < -0.39 is 0 Å². The topological polar surface area (TPSA) is 21.3 Å². The highest BCUT2D eigenvalue weighted by Gasteiger charge is 2.19. The third-order valence-corrected chi connectivity index (χ3v) is 3.59. The molecule has 0 fully saturated rings. The van der Waals surface area contributed by atoms with Crippen molar-refractivity contribution in [1.29, 1.82) is 0 Å². The van der Waals surface area contributed by atoms with Gasteiger partial charge in [0.25, 0.3) is 0 Å². The molecule has 2 aromatic rings. The normalized spacial score (nSPS) is 13.8. The molecule has 2 heteroatoms. The van der Waals surface area contributed by atoms with Gasteiger partial charge in [-0.1, -0.05) is 49.4 Å². The first-order chi connectivity index (χ1) is 9.26. The van der Waals surface area contributed by atoms with Crippen molar-refractivity contribution in [2.75, 3.05) is 14.2 Å². The van der Waals surface area contributed by atoms with Gasteiger partial charge in [-0.3, -0.25) is 0 Å². The van der Waals surface area contributed by atoms with E-state index in [1.165, 1.54) is 11.1 Å². The van der Waals surface area contributed by atoms with Gasteiger partial charge in [-0.15, -0.1) is 0 Å². The van der Waals surface area contributed by atoms with Crippen molar-refractivity contribution in [1.82, 2.24) is 5.32 Å². The van der Waals surface area contributed by atoms with Crippen LogP contribution in [0, 0.1) is 0 Å². The Balaban J connectivity index is 2.28. The molecule has 0 saturated heterocycles. The van der Waals surface area contributed by atoms with E-state index >= 15 is 0 Å². The molecule has 0 aliphatic carbocycles. The van der Waals surface area contributed by atoms with E-state index in [4.69, 9.17) is 4.74 Å². The van der Waals surface area contributed by atoms with Gasteiger partial charge in [0.1, 0.15) is 5.75 Å². The van der Waals surface area contributed by atoms with Gasteiger partial charge in [-0.2, -0.15) is 0 Å². The Morgan fingerprint density at radius 2 is 1.63 bits per heavy atom. The predicted molar refractivity (Wildman–Crippen MR) is 79.7 cm³/mol. The molecule has 0 bridgehead atoms. The summed E-state index contributed by atoms with van der Waals surface area (Å²) in [5, 5.41) is 3.41. The van der Waals surface area contributed by atoms with Crippen LogP contribution in [0.15, 0.2) is 54.6 Å². The van der Waals surface area contributed by atoms with Gasteiger partial charge in [0.05, 0.1) is 7.11 Å². The summed E-state index contributed by atoms with van der Waals surface area (Å²) in [6.07, 6.45) is 0. The van der Waals surface area contributed by atoms with Crippen LogP contribution < -0.4 is 10.1 Å². The molecule has 0 spiro atoms. The van der Waals surface area contributed by atoms with Crippen molar-refractivity contribution in [3.05, 3.63) is 65.7 Å². The fourth-order valence-corrected chi connectivity index (χ4v) is 2.49. The molecule has 100 valence electrons. The van der Waals surface area contributed by atoms with Crippen LogP contribution in [0.3, 0.4) is 0 Å². The van der Waals surface area contributed by atoms with E-state index in [1.807, 2.05) is 19.2 Å². The lowest BCUT2D eigenvalue weighted by atomic mass is 9.88. The number of nitrogens with one attached hydrogen (secondary N) is 1. The molecule has 2 unspecified atom stereocenters. The minimum Gasteiger partial charge on any atom is -0.497 e. The van der Waals surface area contributed by atoms with Crippen LogP contribution in [0.25, 0.3) is 0 Å². The van der Waals surface area contributed by atoms with Gasteiger partial charge in [0.15, 0.2) is 0 Å². The SMILES string of the molecule is CNC(c1cccc(OC)c1)C(C)c1ccccc1. The molecule has 0 saturated carbocycles. The highest BCUT2D eigenvalue weighted by molar-refractivity contribution is 5.33. The van der Waals surface area contributed by atoms with Crippen LogP contribution in [0.5, 0.6) is 5.75 Å². The molecular weight excluding hydrogens is 234 g/mol. The van der Waals surface area contributed by atoms with Crippen molar-refractivity contribution in [2.45, 2.75) is 18.9 Å². The Labute approximate surface area is 115 Å². The van der Waals surface area contributed by atoms with Crippen LogP contribution in [0.4, 0.5) is 0 Å². The van der Waals surface area contributed by atoms with Crippen molar-refractivity contribution in [2.24, 2.45) is 0 Å². The Morgan fingerprint density at radius 1 is 0.947 bits per heavy atom.